The molecule has 1 atom stereocenters. The van der Waals surface area contributed by atoms with E-state index in [2.05, 4.69) is 18.3 Å². The largest absolute Gasteiger partial charge is 0.496 e. The number of hydrogen-bond donors (Lipinski definition) is 2. The van der Waals surface area contributed by atoms with E-state index in [1.165, 1.54) is 5.56 Å². The minimum absolute atomic E-state index is 0.421. The Bertz CT molecular complexity index is 289. The highest BCUT2D eigenvalue weighted by Crippen LogP contribution is 2.18. The van der Waals surface area contributed by atoms with E-state index in [-0.39, 0.29) is 0 Å². The third-order valence-electron chi connectivity index (χ3n) is 2.36. The van der Waals surface area contributed by atoms with Gasteiger partial charge in [-0.1, -0.05) is 18.2 Å². The van der Waals surface area contributed by atoms with Crippen molar-refractivity contribution in [2.75, 3.05) is 20.2 Å². The molecular formula is C12H20N2O. The van der Waals surface area contributed by atoms with E-state index in [4.69, 9.17) is 10.5 Å². The van der Waals surface area contributed by atoms with Crippen molar-refractivity contribution in [3.05, 3.63) is 29.8 Å². The maximum Gasteiger partial charge on any atom is 0.122 e. The normalized spacial score (nSPS) is 12.5. The number of hydrogen-bond acceptors (Lipinski definition) is 3. The van der Waals surface area contributed by atoms with Crippen LogP contribution in [0.1, 0.15) is 12.5 Å². The summed E-state index contributed by atoms with van der Waals surface area (Å²) >= 11 is 0. The topological polar surface area (TPSA) is 47.3 Å². The third-order valence-corrected chi connectivity index (χ3v) is 2.36. The first kappa shape index (κ1) is 12.0. The van der Waals surface area contributed by atoms with Gasteiger partial charge in [0.25, 0.3) is 0 Å². The van der Waals surface area contributed by atoms with Gasteiger partial charge in [0.2, 0.25) is 0 Å². The van der Waals surface area contributed by atoms with Gasteiger partial charge in [-0.3, -0.25) is 0 Å². The van der Waals surface area contributed by atoms with Crippen LogP contribution in [0, 0.1) is 0 Å². The predicted octanol–water partition coefficient (Wildman–Crippen LogP) is 1.17. The summed E-state index contributed by atoms with van der Waals surface area (Å²) in [5, 5.41) is 3.35. The molecule has 0 radical (unpaired) electrons. The van der Waals surface area contributed by atoms with Crippen LogP contribution in [0.15, 0.2) is 24.3 Å². The van der Waals surface area contributed by atoms with Crippen LogP contribution in [0.3, 0.4) is 0 Å². The monoisotopic (exact) mass is 208 g/mol. The standard InChI is InChI=1S/C12H20N2O/c1-10(14-8-7-13)9-11-5-3-4-6-12(11)15-2/h3-6,10,14H,7-9,13H2,1-2H3. The Morgan fingerprint density at radius 1 is 1.40 bits per heavy atom. The third kappa shape index (κ3) is 3.90. The molecular weight excluding hydrogens is 188 g/mol. The first-order chi connectivity index (χ1) is 7.27. The van der Waals surface area contributed by atoms with Crippen LogP contribution in [-0.2, 0) is 6.42 Å². The van der Waals surface area contributed by atoms with Crippen LogP contribution < -0.4 is 15.8 Å². The lowest BCUT2D eigenvalue weighted by molar-refractivity contribution is 0.406. The fourth-order valence-corrected chi connectivity index (χ4v) is 1.60. The smallest absolute Gasteiger partial charge is 0.122 e. The molecule has 0 aliphatic carbocycles. The van der Waals surface area contributed by atoms with Gasteiger partial charge in [-0.2, -0.15) is 0 Å². The van der Waals surface area contributed by atoms with Crippen molar-refractivity contribution in [2.45, 2.75) is 19.4 Å². The zero-order chi connectivity index (χ0) is 11.1. The molecule has 0 saturated heterocycles. The molecule has 1 rings (SSSR count). The van der Waals surface area contributed by atoms with E-state index in [1.54, 1.807) is 7.11 Å². The summed E-state index contributed by atoms with van der Waals surface area (Å²) in [4.78, 5) is 0. The van der Waals surface area contributed by atoms with Crippen molar-refractivity contribution >= 4 is 0 Å². The number of ether oxygens (including phenoxy) is 1. The van der Waals surface area contributed by atoms with Gasteiger partial charge in [0.05, 0.1) is 7.11 Å². The van der Waals surface area contributed by atoms with Crippen LogP contribution in [0.2, 0.25) is 0 Å². The van der Waals surface area contributed by atoms with Crippen molar-refractivity contribution in [3.8, 4) is 5.75 Å². The van der Waals surface area contributed by atoms with Gasteiger partial charge in [-0.15, -0.1) is 0 Å². The molecule has 0 aliphatic heterocycles. The molecule has 3 heteroatoms. The summed E-state index contributed by atoms with van der Waals surface area (Å²) in [6.07, 6.45) is 0.962. The molecule has 0 amide bonds. The number of rotatable bonds is 6. The predicted molar refractivity (Wildman–Crippen MR) is 63.2 cm³/mol. The highest BCUT2D eigenvalue weighted by molar-refractivity contribution is 5.33. The van der Waals surface area contributed by atoms with E-state index >= 15 is 0 Å². The molecule has 1 unspecified atom stereocenters. The minimum Gasteiger partial charge on any atom is -0.496 e. The van der Waals surface area contributed by atoms with E-state index in [0.29, 0.717) is 12.6 Å². The van der Waals surface area contributed by atoms with Crippen LogP contribution in [0.4, 0.5) is 0 Å². The molecule has 0 aliphatic rings. The first-order valence-electron chi connectivity index (χ1n) is 5.33. The van der Waals surface area contributed by atoms with E-state index < -0.39 is 0 Å². The van der Waals surface area contributed by atoms with Crippen molar-refractivity contribution in [3.63, 3.8) is 0 Å². The Balaban J connectivity index is 2.55. The molecule has 1 aromatic carbocycles. The molecule has 1 aromatic rings. The number of nitrogens with one attached hydrogen (secondary N) is 1. The lowest BCUT2D eigenvalue weighted by Crippen LogP contribution is -2.32. The summed E-state index contributed by atoms with van der Waals surface area (Å²) in [7, 11) is 1.71. The molecule has 0 bridgehead atoms. The first-order valence-corrected chi connectivity index (χ1v) is 5.33. The van der Waals surface area contributed by atoms with Crippen molar-refractivity contribution in [2.24, 2.45) is 5.73 Å². The van der Waals surface area contributed by atoms with Crippen molar-refractivity contribution in [1.82, 2.24) is 5.32 Å². The Labute approximate surface area is 91.6 Å². The minimum atomic E-state index is 0.421. The Hall–Kier alpha value is -1.06. The summed E-state index contributed by atoms with van der Waals surface area (Å²) in [5.74, 6) is 0.957. The van der Waals surface area contributed by atoms with Gasteiger partial charge >= 0.3 is 0 Å². The molecule has 0 fully saturated rings. The maximum absolute atomic E-state index is 5.44. The highest BCUT2D eigenvalue weighted by Gasteiger charge is 2.06. The fourth-order valence-electron chi connectivity index (χ4n) is 1.60. The number of para-hydroxylation sites is 1. The molecule has 3 nitrogen and oxygen atoms in total. The molecule has 84 valence electrons. The lowest BCUT2D eigenvalue weighted by atomic mass is 10.1. The fraction of sp³-hybridized carbons (Fsp3) is 0.500. The van der Waals surface area contributed by atoms with Crippen LogP contribution in [-0.4, -0.2) is 26.2 Å². The quantitative estimate of drug-likeness (QED) is 0.738. The van der Waals surface area contributed by atoms with Gasteiger partial charge in [-0.25, -0.2) is 0 Å². The number of benzene rings is 1. The SMILES string of the molecule is COc1ccccc1CC(C)NCCN. The zero-order valence-electron chi connectivity index (χ0n) is 9.49. The zero-order valence-corrected chi connectivity index (χ0v) is 9.49. The highest BCUT2D eigenvalue weighted by atomic mass is 16.5. The molecule has 0 aromatic heterocycles. The summed E-state index contributed by atoms with van der Waals surface area (Å²) in [6.45, 7) is 3.69. The van der Waals surface area contributed by atoms with Gasteiger partial charge in [0.15, 0.2) is 0 Å². The molecule has 0 saturated carbocycles. The molecule has 15 heavy (non-hydrogen) atoms. The molecule has 3 N–H and O–H groups in total. The summed E-state index contributed by atoms with van der Waals surface area (Å²) < 4.78 is 5.30. The second-order valence-electron chi connectivity index (χ2n) is 3.66. The maximum atomic E-state index is 5.44. The second kappa shape index (κ2) is 6.43. The Morgan fingerprint density at radius 2 is 2.13 bits per heavy atom. The van der Waals surface area contributed by atoms with Crippen LogP contribution in [0.5, 0.6) is 5.75 Å². The molecule has 0 heterocycles. The summed E-state index contributed by atoms with van der Waals surface area (Å²) in [6, 6.07) is 8.53. The Kier molecular flexibility index (Phi) is 5.15. The van der Waals surface area contributed by atoms with E-state index in [0.717, 1.165) is 18.7 Å². The van der Waals surface area contributed by atoms with Gasteiger partial charge in [0.1, 0.15) is 5.75 Å². The van der Waals surface area contributed by atoms with Crippen LogP contribution >= 0.6 is 0 Å². The average molecular weight is 208 g/mol. The van der Waals surface area contributed by atoms with Crippen molar-refractivity contribution < 1.29 is 4.74 Å². The number of methoxy groups -OCH3 is 1. The van der Waals surface area contributed by atoms with Gasteiger partial charge in [-0.05, 0) is 25.0 Å². The second-order valence-corrected chi connectivity index (χ2v) is 3.66. The summed E-state index contributed by atoms with van der Waals surface area (Å²) in [5.41, 5.74) is 6.67. The lowest BCUT2D eigenvalue weighted by Gasteiger charge is -2.15. The van der Waals surface area contributed by atoms with E-state index in [1.807, 2.05) is 18.2 Å². The average Bonchev–Trinajstić information content (AvgIpc) is 2.27. The van der Waals surface area contributed by atoms with Gasteiger partial charge < -0.3 is 15.8 Å². The van der Waals surface area contributed by atoms with Gasteiger partial charge in [0, 0.05) is 19.1 Å². The van der Waals surface area contributed by atoms with Crippen LogP contribution in [0.25, 0.3) is 0 Å². The molecule has 0 spiro atoms. The van der Waals surface area contributed by atoms with Crippen molar-refractivity contribution in [1.29, 1.82) is 0 Å². The van der Waals surface area contributed by atoms with E-state index in [9.17, 15) is 0 Å². The number of nitrogens with two attached hydrogens (primary N) is 1. The Morgan fingerprint density at radius 3 is 2.80 bits per heavy atom.